The van der Waals surface area contributed by atoms with Crippen LogP contribution in [0.2, 0.25) is 15.3 Å². The second kappa shape index (κ2) is 6.92. The lowest BCUT2D eigenvalue weighted by atomic mass is 10.3. The predicted molar refractivity (Wildman–Crippen MR) is 80.2 cm³/mol. The predicted octanol–water partition coefficient (Wildman–Crippen LogP) is 4.45. The van der Waals surface area contributed by atoms with Crippen molar-refractivity contribution < 1.29 is 4.74 Å². The molecular weight excluding hydrogens is 323 g/mol. The molecule has 0 aliphatic heterocycles. The topological polar surface area (TPSA) is 59.9 Å². The molecule has 0 saturated carbocycles. The molecule has 0 saturated heterocycles. The number of rotatable bonds is 5. The van der Waals surface area contributed by atoms with E-state index in [1.165, 1.54) is 0 Å². The fraction of sp³-hybridized carbons (Fsp3) is 0.250. The number of benzene rings is 1. The summed E-state index contributed by atoms with van der Waals surface area (Å²) < 4.78 is 5.49. The molecular formula is C12H11Cl3N4O. The molecule has 0 bridgehead atoms. The Morgan fingerprint density at radius 2 is 1.90 bits per heavy atom. The van der Waals surface area contributed by atoms with Crippen LogP contribution in [-0.4, -0.2) is 21.5 Å². The van der Waals surface area contributed by atoms with Crippen molar-refractivity contribution in [2.75, 3.05) is 11.9 Å². The Labute approximate surface area is 131 Å². The van der Waals surface area contributed by atoms with Crippen molar-refractivity contribution in [1.82, 2.24) is 15.0 Å². The molecule has 0 atom stereocenters. The minimum atomic E-state index is 0.0497. The van der Waals surface area contributed by atoms with Gasteiger partial charge in [-0.25, -0.2) is 0 Å². The standard InChI is InChI=1S/C12H11Cl3N4O/c1-2-5-16-11-17-10(15)18-12(19-11)20-7-3-4-8(13)9(14)6-7/h3-4,6H,2,5H2,1H3,(H,16,17,18,19). The summed E-state index contributed by atoms with van der Waals surface area (Å²) in [5.74, 6) is 0.824. The molecule has 0 radical (unpaired) electrons. The van der Waals surface area contributed by atoms with Crippen molar-refractivity contribution in [1.29, 1.82) is 0 Å². The Bertz CT molecular complexity index is 609. The number of anilines is 1. The summed E-state index contributed by atoms with van der Waals surface area (Å²) in [6.07, 6.45) is 0.937. The quantitative estimate of drug-likeness (QED) is 0.876. The highest BCUT2D eigenvalue weighted by atomic mass is 35.5. The first-order chi connectivity index (χ1) is 9.58. The number of ether oxygens (including phenoxy) is 1. The highest BCUT2D eigenvalue weighted by Gasteiger charge is 2.08. The molecule has 106 valence electrons. The Morgan fingerprint density at radius 1 is 1.10 bits per heavy atom. The zero-order chi connectivity index (χ0) is 14.5. The zero-order valence-electron chi connectivity index (χ0n) is 10.5. The van der Waals surface area contributed by atoms with Crippen molar-refractivity contribution in [3.63, 3.8) is 0 Å². The van der Waals surface area contributed by atoms with Gasteiger partial charge < -0.3 is 10.1 Å². The molecule has 5 nitrogen and oxygen atoms in total. The zero-order valence-corrected chi connectivity index (χ0v) is 12.8. The van der Waals surface area contributed by atoms with Crippen LogP contribution in [0.3, 0.4) is 0 Å². The minimum absolute atomic E-state index is 0.0497. The van der Waals surface area contributed by atoms with Crippen LogP contribution in [0.4, 0.5) is 5.95 Å². The largest absolute Gasteiger partial charge is 0.424 e. The first kappa shape index (κ1) is 15.1. The van der Waals surface area contributed by atoms with Gasteiger partial charge in [-0.2, -0.15) is 15.0 Å². The Hall–Kier alpha value is -1.30. The van der Waals surface area contributed by atoms with Gasteiger partial charge in [-0.15, -0.1) is 0 Å². The molecule has 0 unspecified atom stereocenters. The second-order valence-corrected chi connectivity index (χ2v) is 4.97. The second-order valence-electron chi connectivity index (χ2n) is 3.82. The molecule has 0 amide bonds. The van der Waals surface area contributed by atoms with Gasteiger partial charge in [0.25, 0.3) is 0 Å². The molecule has 0 aliphatic carbocycles. The van der Waals surface area contributed by atoms with Gasteiger partial charge in [0.2, 0.25) is 11.2 Å². The molecule has 1 aromatic carbocycles. The summed E-state index contributed by atoms with van der Waals surface area (Å²) in [5, 5.41) is 3.88. The molecule has 2 aromatic rings. The van der Waals surface area contributed by atoms with E-state index in [1.807, 2.05) is 6.92 Å². The van der Waals surface area contributed by atoms with Crippen molar-refractivity contribution in [2.24, 2.45) is 0 Å². The number of aromatic nitrogens is 3. The lowest BCUT2D eigenvalue weighted by molar-refractivity contribution is 0.440. The van der Waals surface area contributed by atoms with Gasteiger partial charge >= 0.3 is 6.01 Å². The van der Waals surface area contributed by atoms with Crippen molar-refractivity contribution in [2.45, 2.75) is 13.3 Å². The number of hydrogen-bond donors (Lipinski definition) is 1. The lowest BCUT2D eigenvalue weighted by Crippen LogP contribution is -2.06. The highest BCUT2D eigenvalue weighted by Crippen LogP contribution is 2.28. The maximum absolute atomic E-state index is 5.91. The summed E-state index contributed by atoms with van der Waals surface area (Å²) in [4.78, 5) is 11.9. The summed E-state index contributed by atoms with van der Waals surface area (Å²) in [6, 6.07) is 4.94. The van der Waals surface area contributed by atoms with Crippen LogP contribution in [0.15, 0.2) is 18.2 Å². The monoisotopic (exact) mass is 332 g/mol. The van der Waals surface area contributed by atoms with Gasteiger partial charge in [0.05, 0.1) is 10.0 Å². The van der Waals surface area contributed by atoms with Crippen molar-refractivity contribution >= 4 is 40.8 Å². The summed E-state index contributed by atoms with van der Waals surface area (Å²) in [6.45, 7) is 2.76. The smallest absolute Gasteiger partial charge is 0.328 e. The number of nitrogens with zero attached hydrogens (tertiary/aromatic N) is 3. The van der Waals surface area contributed by atoms with Crippen LogP contribution in [0.1, 0.15) is 13.3 Å². The van der Waals surface area contributed by atoms with Crippen LogP contribution >= 0.6 is 34.8 Å². The highest BCUT2D eigenvalue weighted by molar-refractivity contribution is 6.42. The molecule has 1 heterocycles. The SMILES string of the molecule is CCCNc1nc(Cl)nc(Oc2ccc(Cl)c(Cl)c2)n1. The van der Waals surface area contributed by atoms with E-state index in [0.29, 0.717) is 21.7 Å². The van der Waals surface area contributed by atoms with E-state index in [9.17, 15) is 0 Å². The fourth-order valence-corrected chi connectivity index (χ4v) is 1.78. The summed E-state index contributed by atoms with van der Waals surface area (Å²) in [7, 11) is 0. The van der Waals surface area contributed by atoms with Gasteiger partial charge in [-0.1, -0.05) is 30.1 Å². The third-order valence-corrected chi connectivity index (χ3v) is 3.13. The summed E-state index contributed by atoms with van der Waals surface area (Å²) >= 11 is 17.6. The first-order valence-electron chi connectivity index (χ1n) is 5.87. The number of nitrogens with one attached hydrogen (secondary N) is 1. The first-order valence-corrected chi connectivity index (χ1v) is 7.00. The van der Waals surface area contributed by atoms with Crippen molar-refractivity contribution in [3.8, 4) is 11.8 Å². The van der Waals surface area contributed by atoms with Crippen LogP contribution in [0.25, 0.3) is 0 Å². The number of hydrogen-bond acceptors (Lipinski definition) is 5. The average Bonchev–Trinajstić information content (AvgIpc) is 2.40. The Balaban J connectivity index is 2.19. The molecule has 0 fully saturated rings. The molecule has 0 aliphatic rings. The lowest BCUT2D eigenvalue weighted by Gasteiger charge is -2.07. The molecule has 0 spiro atoms. The molecule has 1 aromatic heterocycles. The van der Waals surface area contributed by atoms with E-state index < -0.39 is 0 Å². The third kappa shape index (κ3) is 4.10. The van der Waals surface area contributed by atoms with Gasteiger partial charge in [0.1, 0.15) is 5.75 Å². The maximum atomic E-state index is 5.91. The normalized spacial score (nSPS) is 10.4. The van der Waals surface area contributed by atoms with Gasteiger partial charge in [0, 0.05) is 12.6 Å². The molecule has 20 heavy (non-hydrogen) atoms. The fourth-order valence-electron chi connectivity index (χ4n) is 1.34. The third-order valence-electron chi connectivity index (χ3n) is 2.22. The van der Waals surface area contributed by atoms with E-state index in [0.717, 1.165) is 13.0 Å². The van der Waals surface area contributed by atoms with Crippen LogP contribution in [0, 0.1) is 0 Å². The van der Waals surface area contributed by atoms with E-state index >= 15 is 0 Å². The van der Waals surface area contributed by atoms with Gasteiger partial charge in [-0.3, -0.25) is 0 Å². The van der Waals surface area contributed by atoms with Crippen LogP contribution < -0.4 is 10.1 Å². The molecule has 1 N–H and O–H groups in total. The molecule has 2 rings (SSSR count). The molecule has 8 heteroatoms. The van der Waals surface area contributed by atoms with Crippen molar-refractivity contribution in [3.05, 3.63) is 33.5 Å². The van der Waals surface area contributed by atoms with Gasteiger partial charge in [-0.05, 0) is 30.2 Å². The Morgan fingerprint density at radius 3 is 2.60 bits per heavy atom. The minimum Gasteiger partial charge on any atom is -0.424 e. The van der Waals surface area contributed by atoms with E-state index in [-0.39, 0.29) is 11.3 Å². The van der Waals surface area contributed by atoms with E-state index in [2.05, 4.69) is 20.3 Å². The Kier molecular flexibility index (Phi) is 5.23. The van der Waals surface area contributed by atoms with Crippen LogP contribution in [-0.2, 0) is 0 Å². The summed E-state index contributed by atoms with van der Waals surface area (Å²) in [5.41, 5.74) is 0. The number of halogens is 3. The maximum Gasteiger partial charge on any atom is 0.328 e. The van der Waals surface area contributed by atoms with E-state index in [4.69, 9.17) is 39.5 Å². The van der Waals surface area contributed by atoms with E-state index in [1.54, 1.807) is 18.2 Å². The van der Waals surface area contributed by atoms with Gasteiger partial charge in [0.15, 0.2) is 0 Å². The average molecular weight is 334 g/mol. The van der Waals surface area contributed by atoms with Crippen LogP contribution in [0.5, 0.6) is 11.8 Å².